The Kier molecular flexibility index (Phi) is 5.45. The van der Waals surface area contributed by atoms with E-state index in [0.717, 1.165) is 5.56 Å². The minimum Gasteiger partial charge on any atom is -0.350 e. The van der Waals surface area contributed by atoms with Crippen molar-refractivity contribution in [3.63, 3.8) is 0 Å². The highest BCUT2D eigenvalue weighted by atomic mass is 35.5. The van der Waals surface area contributed by atoms with E-state index in [1.807, 2.05) is 12.1 Å². The molecular formula is C15H18Cl2N4O. The van der Waals surface area contributed by atoms with Crippen LogP contribution in [0.3, 0.4) is 0 Å². The van der Waals surface area contributed by atoms with Crippen LogP contribution in [0.25, 0.3) is 11.3 Å². The molecule has 3 rings (SSSR count). The van der Waals surface area contributed by atoms with Crippen LogP contribution in [0.5, 0.6) is 0 Å². The van der Waals surface area contributed by atoms with Crippen molar-refractivity contribution in [1.29, 1.82) is 0 Å². The number of nitrogens with zero attached hydrogens (tertiary/aromatic N) is 1. The van der Waals surface area contributed by atoms with Crippen molar-refractivity contribution in [2.45, 2.75) is 18.9 Å². The molecule has 0 radical (unpaired) electrons. The van der Waals surface area contributed by atoms with E-state index in [4.69, 9.17) is 17.3 Å². The van der Waals surface area contributed by atoms with Gasteiger partial charge in [0.1, 0.15) is 0 Å². The predicted octanol–water partition coefficient (Wildman–Crippen LogP) is 2.62. The van der Waals surface area contributed by atoms with Crippen molar-refractivity contribution in [3.05, 3.63) is 41.0 Å². The average Bonchev–Trinajstić information content (AvgIpc) is 3.23. The zero-order valence-corrected chi connectivity index (χ0v) is 13.5. The van der Waals surface area contributed by atoms with Crippen LogP contribution >= 0.6 is 24.0 Å². The molecule has 118 valence electrons. The molecule has 7 heteroatoms. The van der Waals surface area contributed by atoms with Gasteiger partial charge in [-0.1, -0.05) is 23.7 Å². The summed E-state index contributed by atoms with van der Waals surface area (Å²) in [4.78, 5) is 12.3. The minimum atomic E-state index is -0.162. The minimum absolute atomic E-state index is 0. The first-order valence-corrected chi connectivity index (χ1v) is 7.36. The van der Waals surface area contributed by atoms with Crippen LogP contribution < -0.4 is 11.1 Å². The monoisotopic (exact) mass is 340 g/mol. The fourth-order valence-corrected chi connectivity index (χ4v) is 2.42. The average molecular weight is 341 g/mol. The summed E-state index contributed by atoms with van der Waals surface area (Å²) in [6.45, 7) is 0.495. The first-order valence-electron chi connectivity index (χ1n) is 6.98. The summed E-state index contributed by atoms with van der Waals surface area (Å²) < 4.78 is 0. The highest BCUT2D eigenvalue weighted by Gasteiger charge is 2.28. The smallest absolute Gasteiger partial charge is 0.255 e. The summed E-state index contributed by atoms with van der Waals surface area (Å²) in [5, 5.41) is 10.4. The molecule has 22 heavy (non-hydrogen) atoms. The number of H-pyrrole nitrogens is 1. The number of carbonyl (C=O) groups is 1. The first-order chi connectivity index (χ1) is 10.1. The van der Waals surface area contributed by atoms with Gasteiger partial charge in [-0.05, 0) is 30.9 Å². The normalized spacial score (nSPS) is 15.0. The van der Waals surface area contributed by atoms with Gasteiger partial charge in [-0.2, -0.15) is 5.10 Å². The summed E-state index contributed by atoms with van der Waals surface area (Å²) in [6, 6.07) is 7.30. The zero-order valence-electron chi connectivity index (χ0n) is 11.9. The third kappa shape index (κ3) is 3.80. The van der Waals surface area contributed by atoms with Gasteiger partial charge in [0.05, 0.1) is 17.5 Å². The Morgan fingerprint density at radius 3 is 2.73 bits per heavy atom. The number of benzene rings is 1. The first kappa shape index (κ1) is 16.8. The Morgan fingerprint density at radius 2 is 2.09 bits per heavy atom. The highest BCUT2D eigenvalue weighted by Crippen LogP contribution is 2.31. The predicted molar refractivity (Wildman–Crippen MR) is 89.3 cm³/mol. The van der Waals surface area contributed by atoms with Gasteiger partial charge in [0.25, 0.3) is 5.91 Å². The number of aromatic nitrogens is 2. The standard InChI is InChI=1S/C15H17ClN4O.ClH/c16-11-5-3-10(4-6-11)14-12(7-19-20-14)15(21)18-8-13(17)9-1-2-9;/h3-7,9,13H,1-2,8,17H2,(H,18,21)(H,19,20);1H. The number of amides is 1. The molecule has 1 aromatic heterocycles. The lowest BCUT2D eigenvalue weighted by atomic mass is 10.1. The maximum Gasteiger partial charge on any atom is 0.255 e. The Hall–Kier alpha value is -1.56. The molecular weight excluding hydrogens is 323 g/mol. The van der Waals surface area contributed by atoms with Gasteiger partial charge in [0.15, 0.2) is 0 Å². The van der Waals surface area contributed by atoms with Crippen molar-refractivity contribution in [2.75, 3.05) is 6.54 Å². The van der Waals surface area contributed by atoms with Gasteiger partial charge >= 0.3 is 0 Å². The fourth-order valence-electron chi connectivity index (χ4n) is 2.29. The second-order valence-corrected chi connectivity index (χ2v) is 5.81. The number of carbonyl (C=O) groups excluding carboxylic acids is 1. The van der Waals surface area contributed by atoms with E-state index >= 15 is 0 Å². The van der Waals surface area contributed by atoms with E-state index in [9.17, 15) is 4.79 Å². The molecule has 0 bridgehead atoms. The topological polar surface area (TPSA) is 83.8 Å². The lowest BCUT2D eigenvalue weighted by molar-refractivity contribution is 0.0951. The molecule has 1 aliphatic rings. The molecule has 1 heterocycles. The maximum atomic E-state index is 12.3. The summed E-state index contributed by atoms with van der Waals surface area (Å²) >= 11 is 5.88. The Labute approximate surface area is 140 Å². The molecule has 0 aliphatic heterocycles. The van der Waals surface area contributed by atoms with Gasteiger partial charge < -0.3 is 11.1 Å². The molecule has 1 fully saturated rings. The van der Waals surface area contributed by atoms with Crippen LogP contribution in [0.1, 0.15) is 23.2 Å². The highest BCUT2D eigenvalue weighted by molar-refractivity contribution is 6.30. The molecule has 2 aromatic rings. The van der Waals surface area contributed by atoms with Crippen LogP contribution in [0.15, 0.2) is 30.5 Å². The molecule has 0 spiro atoms. The Balaban J connectivity index is 0.00000176. The van der Waals surface area contributed by atoms with Crippen molar-refractivity contribution < 1.29 is 4.79 Å². The zero-order chi connectivity index (χ0) is 14.8. The van der Waals surface area contributed by atoms with Crippen LogP contribution in [-0.4, -0.2) is 28.7 Å². The molecule has 1 amide bonds. The molecule has 1 saturated carbocycles. The lowest BCUT2D eigenvalue weighted by Gasteiger charge is -2.11. The summed E-state index contributed by atoms with van der Waals surface area (Å²) in [5.41, 5.74) is 8.06. The Morgan fingerprint density at radius 1 is 1.41 bits per heavy atom. The second kappa shape index (κ2) is 7.13. The molecule has 1 unspecified atom stereocenters. The van der Waals surface area contributed by atoms with Gasteiger partial charge in [-0.25, -0.2) is 0 Å². The van der Waals surface area contributed by atoms with E-state index in [1.165, 1.54) is 19.0 Å². The van der Waals surface area contributed by atoms with Crippen LogP contribution in [0.2, 0.25) is 5.02 Å². The SMILES string of the molecule is Cl.NC(CNC(=O)c1cn[nH]c1-c1ccc(Cl)cc1)C1CC1. The number of halogens is 2. The molecule has 4 N–H and O–H groups in total. The van der Waals surface area contributed by atoms with Crippen LogP contribution in [-0.2, 0) is 0 Å². The van der Waals surface area contributed by atoms with Gasteiger partial charge in [-0.3, -0.25) is 9.89 Å². The van der Waals surface area contributed by atoms with E-state index < -0.39 is 0 Å². The van der Waals surface area contributed by atoms with Crippen LogP contribution in [0.4, 0.5) is 0 Å². The van der Waals surface area contributed by atoms with Crippen LogP contribution in [0, 0.1) is 5.92 Å². The van der Waals surface area contributed by atoms with Gasteiger partial charge in [0, 0.05) is 23.2 Å². The van der Waals surface area contributed by atoms with Crippen molar-refractivity contribution >= 4 is 29.9 Å². The number of nitrogens with one attached hydrogen (secondary N) is 2. The third-order valence-electron chi connectivity index (χ3n) is 3.74. The Bertz CT molecular complexity index is 637. The number of nitrogens with two attached hydrogens (primary N) is 1. The van der Waals surface area contributed by atoms with Crippen molar-refractivity contribution in [3.8, 4) is 11.3 Å². The summed E-state index contributed by atoms with van der Waals surface area (Å²) in [7, 11) is 0. The maximum absolute atomic E-state index is 12.3. The molecule has 1 aromatic carbocycles. The largest absolute Gasteiger partial charge is 0.350 e. The van der Waals surface area contributed by atoms with E-state index in [0.29, 0.717) is 28.7 Å². The van der Waals surface area contributed by atoms with Gasteiger partial charge in [0.2, 0.25) is 0 Å². The quantitative estimate of drug-likeness (QED) is 0.782. The molecule has 5 nitrogen and oxygen atoms in total. The van der Waals surface area contributed by atoms with Crippen molar-refractivity contribution in [1.82, 2.24) is 15.5 Å². The van der Waals surface area contributed by atoms with Crippen molar-refractivity contribution in [2.24, 2.45) is 11.7 Å². The number of hydrogen-bond donors (Lipinski definition) is 3. The number of rotatable bonds is 5. The number of aromatic amines is 1. The fraction of sp³-hybridized carbons (Fsp3) is 0.333. The molecule has 1 aliphatic carbocycles. The third-order valence-corrected chi connectivity index (χ3v) is 3.99. The summed E-state index contributed by atoms with van der Waals surface area (Å²) in [6.07, 6.45) is 3.86. The van der Waals surface area contributed by atoms with E-state index in [1.54, 1.807) is 12.1 Å². The number of hydrogen-bond acceptors (Lipinski definition) is 3. The van der Waals surface area contributed by atoms with E-state index in [-0.39, 0.29) is 24.4 Å². The van der Waals surface area contributed by atoms with E-state index in [2.05, 4.69) is 15.5 Å². The summed E-state index contributed by atoms with van der Waals surface area (Å²) in [5.74, 6) is 0.398. The van der Waals surface area contributed by atoms with Gasteiger partial charge in [-0.15, -0.1) is 12.4 Å². The molecule has 0 saturated heterocycles. The second-order valence-electron chi connectivity index (χ2n) is 5.38. The molecule has 1 atom stereocenters. The lowest BCUT2D eigenvalue weighted by Crippen LogP contribution is -2.38.